The third-order valence-corrected chi connectivity index (χ3v) is 5.71. The fourth-order valence-corrected chi connectivity index (χ4v) is 3.81. The third kappa shape index (κ3) is 3.93. The number of para-hydroxylation sites is 1. The number of rotatable bonds is 4. The molecule has 7 nitrogen and oxygen atoms in total. The van der Waals surface area contributed by atoms with Gasteiger partial charge in [-0.1, -0.05) is 18.2 Å². The zero-order valence-corrected chi connectivity index (χ0v) is 16.9. The summed E-state index contributed by atoms with van der Waals surface area (Å²) in [6, 6.07) is 15.2. The molecule has 2 aliphatic rings. The van der Waals surface area contributed by atoms with Gasteiger partial charge in [0.15, 0.2) is 0 Å². The quantitative estimate of drug-likeness (QED) is 0.652. The van der Waals surface area contributed by atoms with Crippen molar-refractivity contribution in [3.05, 3.63) is 77.6 Å². The first-order valence-electron chi connectivity index (χ1n) is 10.5. The lowest BCUT2D eigenvalue weighted by atomic mass is 10.1. The number of benzene rings is 2. The van der Waals surface area contributed by atoms with E-state index in [1.165, 1.54) is 24.3 Å². The van der Waals surface area contributed by atoms with Gasteiger partial charge >= 0.3 is 0 Å². The summed E-state index contributed by atoms with van der Waals surface area (Å²) in [5.41, 5.74) is 1.34. The first-order valence-corrected chi connectivity index (χ1v) is 10.5. The molecule has 31 heavy (non-hydrogen) atoms. The van der Waals surface area contributed by atoms with Gasteiger partial charge in [0, 0.05) is 37.7 Å². The lowest BCUT2D eigenvalue weighted by Crippen LogP contribution is -2.50. The average molecular weight is 419 g/mol. The maximum Gasteiger partial charge on any atom is 0.293 e. The summed E-state index contributed by atoms with van der Waals surface area (Å²) in [7, 11) is 0. The second kappa shape index (κ2) is 7.94. The highest BCUT2D eigenvalue weighted by molar-refractivity contribution is 5.95. The highest BCUT2D eigenvalue weighted by atomic mass is 19.1. The van der Waals surface area contributed by atoms with Gasteiger partial charge in [0.05, 0.1) is 5.69 Å². The van der Waals surface area contributed by atoms with Crippen molar-refractivity contribution < 1.29 is 14.0 Å². The van der Waals surface area contributed by atoms with Gasteiger partial charge in [-0.3, -0.25) is 9.59 Å². The fraction of sp³-hybridized carbons (Fsp3) is 0.304. The van der Waals surface area contributed by atoms with E-state index >= 15 is 0 Å². The molecule has 5 rings (SSSR count). The van der Waals surface area contributed by atoms with Crippen molar-refractivity contribution in [1.29, 1.82) is 0 Å². The maximum atomic E-state index is 13.1. The first-order chi connectivity index (χ1) is 15.1. The minimum Gasteiger partial charge on any atom is -0.335 e. The number of carbonyl (C=O) groups is 2. The Hall–Kier alpha value is -3.55. The molecule has 3 aromatic rings. The molecule has 1 saturated heterocycles. The van der Waals surface area contributed by atoms with E-state index in [2.05, 4.69) is 10.1 Å². The molecule has 0 spiro atoms. The molecule has 0 N–H and O–H groups in total. The van der Waals surface area contributed by atoms with Crippen molar-refractivity contribution >= 4 is 11.8 Å². The minimum atomic E-state index is -0.375. The Morgan fingerprint density at radius 1 is 0.839 bits per heavy atom. The first kappa shape index (κ1) is 19.4. The van der Waals surface area contributed by atoms with Crippen LogP contribution in [0.15, 0.2) is 54.6 Å². The fourth-order valence-electron chi connectivity index (χ4n) is 3.81. The van der Waals surface area contributed by atoms with Crippen LogP contribution in [-0.2, 0) is 0 Å². The predicted molar refractivity (Wildman–Crippen MR) is 112 cm³/mol. The number of halogens is 1. The van der Waals surface area contributed by atoms with Gasteiger partial charge in [-0.25, -0.2) is 14.1 Å². The zero-order valence-electron chi connectivity index (χ0n) is 16.9. The normalized spacial score (nSPS) is 16.4. The largest absolute Gasteiger partial charge is 0.335 e. The summed E-state index contributed by atoms with van der Waals surface area (Å²) in [6.45, 7) is 1.64. The lowest BCUT2D eigenvalue weighted by Gasteiger charge is -2.34. The van der Waals surface area contributed by atoms with Crippen LogP contribution in [0.5, 0.6) is 0 Å². The highest BCUT2D eigenvalue weighted by Crippen LogP contribution is 2.39. The van der Waals surface area contributed by atoms with Crippen LogP contribution in [0, 0.1) is 5.82 Å². The second-order valence-corrected chi connectivity index (χ2v) is 7.91. The molecule has 8 heteroatoms. The van der Waals surface area contributed by atoms with E-state index in [1.54, 1.807) is 14.5 Å². The van der Waals surface area contributed by atoms with Gasteiger partial charge in [0.1, 0.15) is 11.6 Å². The van der Waals surface area contributed by atoms with Gasteiger partial charge in [-0.15, -0.1) is 5.10 Å². The van der Waals surface area contributed by atoms with E-state index in [-0.39, 0.29) is 23.5 Å². The van der Waals surface area contributed by atoms with Crippen LogP contribution in [0.4, 0.5) is 4.39 Å². The molecule has 2 heterocycles. The van der Waals surface area contributed by atoms with Crippen molar-refractivity contribution in [1.82, 2.24) is 24.6 Å². The summed E-state index contributed by atoms with van der Waals surface area (Å²) in [5.74, 6) is 0.628. The number of amides is 2. The van der Waals surface area contributed by atoms with Gasteiger partial charge in [0.2, 0.25) is 5.82 Å². The van der Waals surface area contributed by atoms with E-state index in [0.717, 1.165) is 24.4 Å². The van der Waals surface area contributed by atoms with Crippen molar-refractivity contribution in [3.8, 4) is 5.69 Å². The predicted octanol–water partition coefficient (Wildman–Crippen LogP) is 2.88. The van der Waals surface area contributed by atoms with Crippen LogP contribution in [0.25, 0.3) is 5.69 Å². The molecular weight excluding hydrogens is 397 g/mol. The number of nitrogens with zero attached hydrogens (tertiary/aromatic N) is 5. The molecule has 2 amide bonds. The molecule has 0 bridgehead atoms. The monoisotopic (exact) mass is 419 g/mol. The van der Waals surface area contributed by atoms with Crippen LogP contribution < -0.4 is 0 Å². The number of hydrogen-bond acceptors (Lipinski definition) is 4. The summed E-state index contributed by atoms with van der Waals surface area (Å²) in [5, 5.41) is 4.53. The molecule has 1 aromatic heterocycles. The van der Waals surface area contributed by atoms with E-state index in [9.17, 15) is 14.0 Å². The zero-order chi connectivity index (χ0) is 21.4. The Labute approximate surface area is 179 Å². The molecule has 2 aromatic carbocycles. The number of aromatic nitrogens is 3. The van der Waals surface area contributed by atoms with Gasteiger partial charge < -0.3 is 9.80 Å². The van der Waals surface area contributed by atoms with Crippen molar-refractivity contribution in [2.75, 3.05) is 26.2 Å². The standard InChI is InChI=1S/C23H22FN5O2/c24-18-10-8-17(9-11-18)22(30)27-12-14-28(15-13-27)23(31)20-25-21(16-6-7-16)29(26-20)19-4-2-1-3-5-19/h1-5,8-11,16H,6-7,12-15H2. The molecule has 1 saturated carbocycles. The topological polar surface area (TPSA) is 71.3 Å². The number of piperazine rings is 1. The van der Waals surface area contributed by atoms with Crippen LogP contribution in [0.2, 0.25) is 0 Å². The van der Waals surface area contributed by atoms with Crippen LogP contribution in [-0.4, -0.2) is 62.6 Å². The maximum absolute atomic E-state index is 13.1. The minimum absolute atomic E-state index is 0.158. The molecule has 0 unspecified atom stereocenters. The Morgan fingerprint density at radius 2 is 1.45 bits per heavy atom. The molecular formula is C23H22FN5O2. The molecule has 2 fully saturated rings. The Bertz CT molecular complexity index is 1100. The SMILES string of the molecule is O=C(c1ccc(F)cc1)N1CCN(C(=O)c2nc(C3CC3)n(-c3ccccc3)n2)CC1. The molecule has 1 aliphatic carbocycles. The Balaban J connectivity index is 1.29. The van der Waals surface area contributed by atoms with Gasteiger partial charge in [0.25, 0.3) is 11.8 Å². The number of hydrogen-bond donors (Lipinski definition) is 0. The van der Waals surface area contributed by atoms with Crippen LogP contribution >= 0.6 is 0 Å². The highest BCUT2D eigenvalue weighted by Gasteiger charge is 2.33. The van der Waals surface area contributed by atoms with Gasteiger partial charge in [-0.05, 0) is 49.2 Å². The summed E-state index contributed by atoms with van der Waals surface area (Å²) in [4.78, 5) is 33.6. The second-order valence-electron chi connectivity index (χ2n) is 7.91. The van der Waals surface area contributed by atoms with Gasteiger partial charge in [-0.2, -0.15) is 0 Å². The molecule has 158 valence electrons. The van der Waals surface area contributed by atoms with E-state index < -0.39 is 0 Å². The Morgan fingerprint density at radius 3 is 2.06 bits per heavy atom. The Kier molecular flexibility index (Phi) is 4.97. The van der Waals surface area contributed by atoms with E-state index in [1.807, 2.05) is 30.3 Å². The summed E-state index contributed by atoms with van der Waals surface area (Å²) in [6.07, 6.45) is 2.12. The van der Waals surface area contributed by atoms with E-state index in [0.29, 0.717) is 37.7 Å². The van der Waals surface area contributed by atoms with Crippen LogP contribution in [0.3, 0.4) is 0 Å². The number of carbonyl (C=O) groups excluding carboxylic acids is 2. The lowest BCUT2D eigenvalue weighted by molar-refractivity contribution is 0.0529. The third-order valence-electron chi connectivity index (χ3n) is 5.71. The smallest absolute Gasteiger partial charge is 0.293 e. The van der Waals surface area contributed by atoms with Crippen molar-refractivity contribution in [2.24, 2.45) is 0 Å². The van der Waals surface area contributed by atoms with Crippen LogP contribution in [0.1, 0.15) is 45.6 Å². The van der Waals surface area contributed by atoms with Crippen molar-refractivity contribution in [3.63, 3.8) is 0 Å². The molecule has 0 atom stereocenters. The molecule has 0 radical (unpaired) electrons. The van der Waals surface area contributed by atoms with E-state index in [4.69, 9.17) is 0 Å². The summed E-state index contributed by atoms with van der Waals surface area (Å²) < 4.78 is 14.9. The molecule has 1 aliphatic heterocycles. The average Bonchev–Trinajstić information content (AvgIpc) is 3.57. The summed E-state index contributed by atoms with van der Waals surface area (Å²) >= 11 is 0. The van der Waals surface area contributed by atoms with Crippen molar-refractivity contribution in [2.45, 2.75) is 18.8 Å².